The lowest BCUT2D eigenvalue weighted by atomic mass is 10.2. The molecule has 6 nitrogen and oxygen atoms in total. The fourth-order valence-electron chi connectivity index (χ4n) is 1.97. The molecule has 1 amide bonds. The first-order chi connectivity index (χ1) is 11.8. The van der Waals surface area contributed by atoms with Crippen molar-refractivity contribution in [3.8, 4) is 0 Å². The van der Waals surface area contributed by atoms with Crippen molar-refractivity contribution >= 4 is 12.0 Å². The zero-order chi connectivity index (χ0) is 17.0. The SMILES string of the molecule is O=C(NC/C(=N/O)OCCc1ccccc1)OCc1ccccc1. The standard InChI is InChI=1S/C18H20N2O4/c21-18(24-14-16-9-5-2-6-10-16)19-13-17(20-22)23-12-11-15-7-3-1-4-8-15/h1-10,22H,11-14H2,(H,19,21)/b20-17-. The molecule has 0 spiro atoms. The first kappa shape index (κ1) is 17.3. The van der Waals surface area contributed by atoms with Crippen LogP contribution in [0.15, 0.2) is 65.8 Å². The first-order valence-electron chi connectivity index (χ1n) is 7.60. The highest BCUT2D eigenvalue weighted by Gasteiger charge is 2.07. The zero-order valence-electron chi connectivity index (χ0n) is 13.2. The van der Waals surface area contributed by atoms with Crippen LogP contribution in [-0.2, 0) is 22.5 Å². The Kier molecular flexibility index (Phi) is 7.14. The third-order valence-corrected chi connectivity index (χ3v) is 3.21. The number of alkyl carbamates (subject to hydrolysis) is 1. The quantitative estimate of drug-likeness (QED) is 0.354. The van der Waals surface area contributed by atoms with Crippen LogP contribution < -0.4 is 5.32 Å². The fraction of sp³-hybridized carbons (Fsp3) is 0.222. The van der Waals surface area contributed by atoms with Gasteiger partial charge in [-0.2, -0.15) is 0 Å². The molecule has 0 heterocycles. The van der Waals surface area contributed by atoms with Crippen molar-refractivity contribution < 1.29 is 19.5 Å². The van der Waals surface area contributed by atoms with Gasteiger partial charge in [0.05, 0.1) is 6.61 Å². The molecule has 0 aliphatic rings. The number of rotatable bonds is 7. The van der Waals surface area contributed by atoms with Crippen molar-refractivity contribution in [1.82, 2.24) is 5.32 Å². The number of nitrogens with zero attached hydrogens (tertiary/aromatic N) is 1. The predicted molar refractivity (Wildman–Crippen MR) is 89.9 cm³/mol. The molecule has 0 aliphatic carbocycles. The van der Waals surface area contributed by atoms with E-state index in [1.807, 2.05) is 60.7 Å². The van der Waals surface area contributed by atoms with Gasteiger partial charge in [-0.1, -0.05) is 65.8 Å². The second-order valence-corrected chi connectivity index (χ2v) is 4.99. The number of benzene rings is 2. The van der Waals surface area contributed by atoms with Gasteiger partial charge in [-0.3, -0.25) is 0 Å². The summed E-state index contributed by atoms with van der Waals surface area (Å²) in [6, 6.07) is 19.1. The summed E-state index contributed by atoms with van der Waals surface area (Å²) in [6.07, 6.45) is 0.0739. The lowest BCUT2D eigenvalue weighted by Gasteiger charge is -2.10. The topological polar surface area (TPSA) is 80.2 Å². The molecule has 0 aromatic heterocycles. The largest absolute Gasteiger partial charge is 0.477 e. The Morgan fingerprint density at radius 2 is 1.58 bits per heavy atom. The van der Waals surface area contributed by atoms with Gasteiger partial charge in [0.2, 0.25) is 5.90 Å². The monoisotopic (exact) mass is 328 g/mol. The molecule has 6 heteroatoms. The fourth-order valence-corrected chi connectivity index (χ4v) is 1.97. The van der Waals surface area contributed by atoms with Crippen LogP contribution in [0.5, 0.6) is 0 Å². The highest BCUT2D eigenvalue weighted by atomic mass is 16.6. The number of ether oxygens (including phenoxy) is 2. The second kappa shape index (κ2) is 9.89. The summed E-state index contributed by atoms with van der Waals surface area (Å²) in [5, 5.41) is 14.4. The number of hydrogen-bond donors (Lipinski definition) is 2. The average Bonchev–Trinajstić information content (AvgIpc) is 2.64. The highest BCUT2D eigenvalue weighted by molar-refractivity contribution is 5.81. The molecule has 0 radical (unpaired) electrons. The third-order valence-electron chi connectivity index (χ3n) is 3.21. The molecule has 0 saturated heterocycles. The summed E-state index contributed by atoms with van der Waals surface area (Å²) in [6.45, 7) is 0.482. The van der Waals surface area contributed by atoms with Gasteiger partial charge in [0, 0.05) is 6.42 Å². The molecule has 0 fully saturated rings. The van der Waals surface area contributed by atoms with Crippen molar-refractivity contribution in [2.75, 3.05) is 13.2 Å². The summed E-state index contributed by atoms with van der Waals surface area (Å²) in [5.41, 5.74) is 2.01. The maximum Gasteiger partial charge on any atom is 0.407 e. The van der Waals surface area contributed by atoms with Gasteiger partial charge in [0.25, 0.3) is 0 Å². The van der Waals surface area contributed by atoms with Crippen LogP contribution in [-0.4, -0.2) is 30.3 Å². The van der Waals surface area contributed by atoms with Gasteiger partial charge in [-0.15, -0.1) is 0 Å². The number of hydrogen-bond acceptors (Lipinski definition) is 5. The zero-order valence-corrected chi connectivity index (χ0v) is 13.2. The van der Waals surface area contributed by atoms with Crippen molar-refractivity contribution in [3.63, 3.8) is 0 Å². The minimum Gasteiger partial charge on any atom is -0.477 e. The molecular formula is C18H20N2O4. The number of amides is 1. The summed E-state index contributed by atoms with van der Waals surface area (Å²) >= 11 is 0. The van der Waals surface area contributed by atoms with Gasteiger partial charge in [-0.25, -0.2) is 4.79 Å². The van der Waals surface area contributed by atoms with Crippen molar-refractivity contribution in [3.05, 3.63) is 71.8 Å². The average molecular weight is 328 g/mol. The molecule has 0 bridgehead atoms. The molecule has 24 heavy (non-hydrogen) atoms. The summed E-state index contributed by atoms with van der Waals surface area (Å²) in [4.78, 5) is 11.6. The molecular weight excluding hydrogens is 308 g/mol. The molecule has 2 N–H and O–H groups in total. The van der Waals surface area contributed by atoms with E-state index in [1.165, 1.54) is 0 Å². The summed E-state index contributed by atoms with van der Waals surface area (Å²) < 4.78 is 10.4. The Hall–Kier alpha value is -3.02. The van der Waals surface area contributed by atoms with Crippen LogP contribution in [0.1, 0.15) is 11.1 Å². The van der Waals surface area contributed by atoms with Crippen molar-refractivity contribution in [2.24, 2.45) is 5.16 Å². The number of oxime groups is 1. The van der Waals surface area contributed by atoms with Crippen LogP contribution in [0.2, 0.25) is 0 Å². The van der Waals surface area contributed by atoms with Crippen molar-refractivity contribution in [2.45, 2.75) is 13.0 Å². The van der Waals surface area contributed by atoms with Crippen LogP contribution in [0, 0.1) is 0 Å². The van der Waals surface area contributed by atoms with Crippen molar-refractivity contribution in [1.29, 1.82) is 0 Å². The van der Waals surface area contributed by atoms with Gasteiger partial charge < -0.3 is 20.0 Å². The minimum absolute atomic E-state index is 0.0302. The van der Waals surface area contributed by atoms with Crippen LogP contribution in [0.25, 0.3) is 0 Å². The molecule has 0 unspecified atom stereocenters. The van der Waals surface area contributed by atoms with E-state index in [4.69, 9.17) is 14.7 Å². The number of carbonyl (C=O) groups excluding carboxylic acids is 1. The Labute approximate surface area is 140 Å². The molecule has 0 atom stereocenters. The van der Waals surface area contributed by atoms with Crippen LogP contribution >= 0.6 is 0 Å². The number of carbonyl (C=O) groups is 1. The molecule has 126 valence electrons. The van der Waals surface area contributed by atoms with E-state index in [0.29, 0.717) is 13.0 Å². The lowest BCUT2D eigenvalue weighted by molar-refractivity contribution is 0.140. The lowest BCUT2D eigenvalue weighted by Crippen LogP contribution is -2.31. The van der Waals surface area contributed by atoms with E-state index in [2.05, 4.69) is 10.5 Å². The van der Waals surface area contributed by atoms with E-state index < -0.39 is 6.09 Å². The predicted octanol–water partition coefficient (Wildman–Crippen LogP) is 2.96. The Morgan fingerprint density at radius 1 is 0.958 bits per heavy atom. The maximum atomic E-state index is 11.6. The summed E-state index contributed by atoms with van der Waals surface area (Å²) in [7, 11) is 0. The number of nitrogens with one attached hydrogen (secondary N) is 1. The van der Waals surface area contributed by atoms with E-state index in [1.54, 1.807) is 0 Å². The molecule has 2 aromatic rings. The van der Waals surface area contributed by atoms with E-state index >= 15 is 0 Å². The maximum absolute atomic E-state index is 11.6. The summed E-state index contributed by atoms with van der Waals surface area (Å²) in [5.74, 6) is 0.0302. The highest BCUT2D eigenvalue weighted by Crippen LogP contribution is 2.01. The van der Waals surface area contributed by atoms with E-state index in [9.17, 15) is 4.79 Å². The molecule has 0 saturated carbocycles. The third kappa shape index (κ3) is 6.39. The Bertz CT molecular complexity index is 645. The second-order valence-electron chi connectivity index (χ2n) is 4.99. The van der Waals surface area contributed by atoms with Crippen LogP contribution in [0.4, 0.5) is 4.79 Å². The van der Waals surface area contributed by atoms with Gasteiger partial charge in [-0.05, 0) is 11.1 Å². The molecule has 2 aromatic carbocycles. The van der Waals surface area contributed by atoms with Gasteiger partial charge in [0.1, 0.15) is 13.2 Å². The van der Waals surface area contributed by atoms with Gasteiger partial charge >= 0.3 is 6.09 Å². The Morgan fingerprint density at radius 3 is 2.21 bits per heavy atom. The Balaban J connectivity index is 1.64. The van der Waals surface area contributed by atoms with Gasteiger partial charge in [0.15, 0.2) is 0 Å². The normalized spacial score (nSPS) is 10.9. The van der Waals surface area contributed by atoms with E-state index in [-0.39, 0.29) is 19.0 Å². The first-order valence-corrected chi connectivity index (χ1v) is 7.60. The van der Waals surface area contributed by atoms with E-state index in [0.717, 1.165) is 11.1 Å². The van der Waals surface area contributed by atoms with Crippen LogP contribution in [0.3, 0.4) is 0 Å². The molecule has 0 aliphatic heterocycles. The smallest absolute Gasteiger partial charge is 0.407 e. The minimum atomic E-state index is -0.605. The molecule has 2 rings (SSSR count).